The third-order valence-corrected chi connectivity index (χ3v) is 3.97. The van der Waals surface area contributed by atoms with Gasteiger partial charge < -0.3 is 19.2 Å². The standard InChI is InChI=1S/C19H16N2O4/c1-12-2-3-14(19-20-6-7-25-19)10-15(12)21-18(22)13-4-5-16-17(11-13)24-9-8-23-16/h2-7,10-11H,8-9H2,1H3,(H,21,22). The largest absolute Gasteiger partial charge is 0.486 e. The minimum Gasteiger partial charge on any atom is -0.486 e. The summed E-state index contributed by atoms with van der Waals surface area (Å²) in [6.07, 6.45) is 3.10. The van der Waals surface area contributed by atoms with E-state index in [0.29, 0.717) is 41.9 Å². The molecule has 126 valence electrons. The molecule has 0 bridgehead atoms. The Morgan fingerprint density at radius 2 is 1.92 bits per heavy atom. The zero-order chi connectivity index (χ0) is 17.2. The molecule has 0 atom stereocenters. The maximum atomic E-state index is 12.6. The lowest BCUT2D eigenvalue weighted by molar-refractivity contribution is 0.102. The van der Waals surface area contributed by atoms with E-state index in [9.17, 15) is 4.79 Å². The van der Waals surface area contributed by atoms with Crippen molar-refractivity contribution in [2.24, 2.45) is 0 Å². The van der Waals surface area contributed by atoms with Crippen LogP contribution in [-0.2, 0) is 0 Å². The average molecular weight is 336 g/mol. The van der Waals surface area contributed by atoms with Crippen molar-refractivity contribution >= 4 is 11.6 Å². The average Bonchev–Trinajstić information content (AvgIpc) is 3.18. The molecule has 1 aliphatic heterocycles. The lowest BCUT2D eigenvalue weighted by atomic mass is 10.1. The highest BCUT2D eigenvalue weighted by Gasteiger charge is 2.16. The van der Waals surface area contributed by atoms with Gasteiger partial charge in [-0.15, -0.1) is 0 Å². The van der Waals surface area contributed by atoms with Crippen molar-refractivity contribution in [3.8, 4) is 23.0 Å². The first-order valence-corrected chi connectivity index (χ1v) is 7.92. The summed E-state index contributed by atoms with van der Waals surface area (Å²) < 4.78 is 16.3. The van der Waals surface area contributed by atoms with Crippen LogP contribution in [0.1, 0.15) is 15.9 Å². The zero-order valence-electron chi connectivity index (χ0n) is 13.6. The van der Waals surface area contributed by atoms with Crippen LogP contribution in [0.25, 0.3) is 11.5 Å². The number of aromatic nitrogens is 1. The highest BCUT2D eigenvalue weighted by Crippen LogP contribution is 2.31. The molecule has 2 aromatic carbocycles. The van der Waals surface area contributed by atoms with Crippen LogP contribution in [0.3, 0.4) is 0 Å². The number of benzene rings is 2. The van der Waals surface area contributed by atoms with E-state index in [2.05, 4.69) is 10.3 Å². The number of hydrogen-bond donors (Lipinski definition) is 1. The molecule has 1 amide bonds. The molecular formula is C19H16N2O4. The van der Waals surface area contributed by atoms with E-state index in [4.69, 9.17) is 13.9 Å². The Morgan fingerprint density at radius 1 is 1.08 bits per heavy atom. The van der Waals surface area contributed by atoms with Gasteiger partial charge in [-0.3, -0.25) is 4.79 Å². The molecule has 3 aromatic rings. The van der Waals surface area contributed by atoms with Crippen LogP contribution < -0.4 is 14.8 Å². The van der Waals surface area contributed by atoms with Gasteiger partial charge in [0.1, 0.15) is 19.5 Å². The first-order chi connectivity index (χ1) is 12.2. The Bertz CT molecular complexity index is 919. The minimum atomic E-state index is -0.218. The van der Waals surface area contributed by atoms with Crippen LogP contribution >= 0.6 is 0 Å². The summed E-state index contributed by atoms with van der Waals surface area (Å²) in [6.45, 7) is 2.93. The Hall–Kier alpha value is -3.28. The number of nitrogens with zero attached hydrogens (tertiary/aromatic N) is 1. The quantitative estimate of drug-likeness (QED) is 0.790. The summed E-state index contributed by atoms with van der Waals surface area (Å²) >= 11 is 0. The van der Waals surface area contributed by atoms with Gasteiger partial charge in [0.15, 0.2) is 11.5 Å². The summed E-state index contributed by atoms with van der Waals surface area (Å²) in [6, 6.07) is 10.8. The number of hydrogen-bond acceptors (Lipinski definition) is 5. The van der Waals surface area contributed by atoms with E-state index in [-0.39, 0.29) is 5.91 Å². The normalized spacial score (nSPS) is 12.7. The Kier molecular flexibility index (Phi) is 3.85. The number of anilines is 1. The van der Waals surface area contributed by atoms with E-state index in [1.807, 2.05) is 25.1 Å². The number of carbonyl (C=O) groups excluding carboxylic acids is 1. The van der Waals surface area contributed by atoms with Gasteiger partial charge in [0, 0.05) is 16.8 Å². The van der Waals surface area contributed by atoms with E-state index in [0.717, 1.165) is 11.1 Å². The van der Waals surface area contributed by atoms with E-state index in [1.165, 1.54) is 6.26 Å². The highest BCUT2D eigenvalue weighted by molar-refractivity contribution is 6.05. The van der Waals surface area contributed by atoms with Crippen LogP contribution in [0.5, 0.6) is 11.5 Å². The number of nitrogens with one attached hydrogen (secondary N) is 1. The SMILES string of the molecule is Cc1ccc(-c2ncco2)cc1NC(=O)c1ccc2c(c1)OCCO2. The second kappa shape index (κ2) is 6.32. The number of oxazole rings is 1. The number of fused-ring (bicyclic) bond motifs is 1. The summed E-state index contributed by atoms with van der Waals surface area (Å²) in [5, 5.41) is 2.93. The first kappa shape index (κ1) is 15.3. The Balaban J connectivity index is 1.59. The fourth-order valence-electron chi connectivity index (χ4n) is 2.63. The molecule has 6 heteroatoms. The number of rotatable bonds is 3. The molecule has 0 unspecified atom stereocenters. The predicted molar refractivity (Wildman–Crippen MR) is 92.1 cm³/mol. The first-order valence-electron chi connectivity index (χ1n) is 7.92. The van der Waals surface area contributed by atoms with Gasteiger partial charge >= 0.3 is 0 Å². The van der Waals surface area contributed by atoms with Gasteiger partial charge in [-0.25, -0.2) is 4.98 Å². The Morgan fingerprint density at radius 3 is 2.72 bits per heavy atom. The zero-order valence-corrected chi connectivity index (χ0v) is 13.6. The van der Waals surface area contributed by atoms with Gasteiger partial charge in [0.25, 0.3) is 5.91 Å². The van der Waals surface area contributed by atoms with Gasteiger partial charge in [-0.1, -0.05) is 6.07 Å². The molecule has 25 heavy (non-hydrogen) atoms. The fraction of sp³-hybridized carbons (Fsp3) is 0.158. The second-order valence-corrected chi connectivity index (χ2v) is 5.68. The molecule has 0 fully saturated rings. The second-order valence-electron chi connectivity index (χ2n) is 5.68. The van der Waals surface area contributed by atoms with Crippen LogP contribution in [0.15, 0.2) is 53.3 Å². The molecule has 1 aromatic heterocycles. The highest BCUT2D eigenvalue weighted by atomic mass is 16.6. The molecule has 2 heterocycles. The van der Waals surface area contributed by atoms with E-state index < -0.39 is 0 Å². The Labute approximate surface area is 144 Å². The maximum absolute atomic E-state index is 12.6. The molecule has 0 aliphatic carbocycles. The third-order valence-electron chi connectivity index (χ3n) is 3.97. The molecule has 1 N–H and O–H groups in total. The molecular weight excluding hydrogens is 320 g/mol. The van der Waals surface area contributed by atoms with Crippen LogP contribution in [0, 0.1) is 6.92 Å². The smallest absolute Gasteiger partial charge is 0.255 e. The molecule has 4 rings (SSSR count). The van der Waals surface area contributed by atoms with E-state index in [1.54, 1.807) is 24.4 Å². The fourth-order valence-corrected chi connectivity index (χ4v) is 2.63. The van der Waals surface area contributed by atoms with Gasteiger partial charge in [-0.2, -0.15) is 0 Å². The molecule has 1 aliphatic rings. The molecule has 6 nitrogen and oxygen atoms in total. The van der Waals surface area contributed by atoms with Crippen LogP contribution in [0.4, 0.5) is 5.69 Å². The van der Waals surface area contributed by atoms with Crippen molar-refractivity contribution in [3.05, 3.63) is 60.0 Å². The van der Waals surface area contributed by atoms with E-state index >= 15 is 0 Å². The minimum absolute atomic E-state index is 0.218. The van der Waals surface area contributed by atoms with Crippen LogP contribution in [-0.4, -0.2) is 24.1 Å². The monoisotopic (exact) mass is 336 g/mol. The predicted octanol–water partition coefficient (Wildman–Crippen LogP) is 3.67. The van der Waals surface area contributed by atoms with Crippen molar-refractivity contribution in [1.29, 1.82) is 0 Å². The van der Waals surface area contributed by atoms with Crippen molar-refractivity contribution in [3.63, 3.8) is 0 Å². The lowest BCUT2D eigenvalue weighted by Gasteiger charge is -2.18. The number of amides is 1. The summed E-state index contributed by atoms with van der Waals surface area (Å²) in [5.74, 6) is 1.54. The molecule has 0 spiro atoms. The lowest BCUT2D eigenvalue weighted by Crippen LogP contribution is -2.17. The number of aryl methyl sites for hydroxylation is 1. The summed E-state index contributed by atoms with van der Waals surface area (Å²) in [5.41, 5.74) is 2.95. The van der Waals surface area contributed by atoms with Crippen LogP contribution in [0.2, 0.25) is 0 Å². The third kappa shape index (κ3) is 3.06. The summed E-state index contributed by atoms with van der Waals surface area (Å²) in [4.78, 5) is 16.7. The molecule has 0 saturated carbocycles. The van der Waals surface area contributed by atoms with Gasteiger partial charge in [-0.05, 0) is 42.8 Å². The van der Waals surface area contributed by atoms with Gasteiger partial charge in [0.2, 0.25) is 5.89 Å². The molecule has 0 radical (unpaired) electrons. The van der Waals surface area contributed by atoms with Gasteiger partial charge in [0.05, 0.1) is 6.20 Å². The van der Waals surface area contributed by atoms with Crippen molar-refractivity contribution in [2.45, 2.75) is 6.92 Å². The molecule has 0 saturated heterocycles. The topological polar surface area (TPSA) is 73.6 Å². The number of ether oxygens (including phenoxy) is 2. The number of carbonyl (C=O) groups is 1. The maximum Gasteiger partial charge on any atom is 0.255 e. The summed E-state index contributed by atoms with van der Waals surface area (Å²) in [7, 11) is 0. The van der Waals surface area contributed by atoms with Crippen molar-refractivity contribution < 1.29 is 18.7 Å². The van der Waals surface area contributed by atoms with Crippen molar-refractivity contribution in [2.75, 3.05) is 18.5 Å². The van der Waals surface area contributed by atoms with Crippen molar-refractivity contribution in [1.82, 2.24) is 4.98 Å².